The van der Waals surface area contributed by atoms with Gasteiger partial charge in [-0.1, -0.05) is 49.4 Å². The van der Waals surface area contributed by atoms with Crippen LogP contribution in [0.4, 0.5) is 0 Å². The van der Waals surface area contributed by atoms with Crippen molar-refractivity contribution in [2.75, 3.05) is 19.7 Å². The lowest BCUT2D eigenvalue weighted by Gasteiger charge is -2.12. The van der Waals surface area contributed by atoms with Crippen LogP contribution in [0.1, 0.15) is 12.5 Å². The van der Waals surface area contributed by atoms with Crippen LogP contribution in [0, 0.1) is 0 Å². The number of hydrogen-bond acceptors (Lipinski definition) is 3. The summed E-state index contributed by atoms with van der Waals surface area (Å²) in [5.74, 6) is 1.58. The van der Waals surface area contributed by atoms with E-state index in [4.69, 9.17) is 9.47 Å². The van der Waals surface area contributed by atoms with Gasteiger partial charge in [-0.2, -0.15) is 0 Å². The maximum atomic E-state index is 5.83. The van der Waals surface area contributed by atoms with E-state index >= 15 is 0 Å². The molecular formula is C17H22ClNO2. The Balaban J connectivity index is 0.00000220. The predicted molar refractivity (Wildman–Crippen MR) is 88.5 cm³/mol. The van der Waals surface area contributed by atoms with Gasteiger partial charge in [0, 0.05) is 6.54 Å². The highest BCUT2D eigenvalue weighted by Gasteiger charge is 2.04. The van der Waals surface area contributed by atoms with Crippen molar-refractivity contribution in [3.05, 3.63) is 60.2 Å². The Kier molecular flexibility index (Phi) is 8.32. The Bertz CT molecular complexity index is 505. The number of ether oxygens (including phenoxy) is 2. The maximum absolute atomic E-state index is 5.83. The number of likely N-dealkylation sites (N-methyl/N-ethyl adjacent to an activating group) is 1. The molecule has 0 heterocycles. The van der Waals surface area contributed by atoms with Crippen molar-refractivity contribution >= 4 is 12.4 Å². The molecule has 4 heteroatoms. The average molecular weight is 308 g/mol. The number of nitrogens with one attached hydrogen (secondary N) is 1. The van der Waals surface area contributed by atoms with Gasteiger partial charge in [0.1, 0.15) is 13.2 Å². The zero-order chi connectivity index (χ0) is 14.0. The van der Waals surface area contributed by atoms with E-state index in [0.29, 0.717) is 13.2 Å². The molecule has 0 spiro atoms. The van der Waals surface area contributed by atoms with Crippen LogP contribution in [0.2, 0.25) is 0 Å². The van der Waals surface area contributed by atoms with E-state index in [1.165, 1.54) is 0 Å². The lowest BCUT2D eigenvalue weighted by molar-refractivity contribution is 0.261. The fourth-order valence-corrected chi connectivity index (χ4v) is 1.83. The van der Waals surface area contributed by atoms with E-state index in [0.717, 1.165) is 30.2 Å². The summed E-state index contributed by atoms with van der Waals surface area (Å²) in [6.45, 7) is 5.06. The Morgan fingerprint density at radius 1 is 0.857 bits per heavy atom. The molecule has 0 saturated heterocycles. The first-order valence-electron chi connectivity index (χ1n) is 6.99. The van der Waals surface area contributed by atoms with Gasteiger partial charge in [0.05, 0.1) is 0 Å². The van der Waals surface area contributed by atoms with Crippen LogP contribution in [-0.4, -0.2) is 19.7 Å². The molecule has 0 aliphatic heterocycles. The summed E-state index contributed by atoms with van der Waals surface area (Å²) < 4.78 is 11.6. The van der Waals surface area contributed by atoms with Crippen molar-refractivity contribution in [2.24, 2.45) is 0 Å². The number of hydrogen-bond donors (Lipinski definition) is 1. The number of halogens is 1. The molecule has 0 saturated carbocycles. The summed E-state index contributed by atoms with van der Waals surface area (Å²) in [6, 6.07) is 17.9. The molecule has 3 nitrogen and oxygen atoms in total. The van der Waals surface area contributed by atoms with Gasteiger partial charge in [-0.25, -0.2) is 0 Å². The molecule has 114 valence electrons. The van der Waals surface area contributed by atoms with Crippen molar-refractivity contribution in [1.29, 1.82) is 0 Å². The van der Waals surface area contributed by atoms with Crippen LogP contribution >= 0.6 is 12.4 Å². The van der Waals surface area contributed by atoms with Crippen LogP contribution in [0.15, 0.2) is 54.6 Å². The largest absolute Gasteiger partial charge is 0.488 e. The third-order valence-corrected chi connectivity index (χ3v) is 2.87. The second kappa shape index (κ2) is 10.1. The van der Waals surface area contributed by atoms with Crippen LogP contribution in [0.25, 0.3) is 0 Å². The van der Waals surface area contributed by atoms with Crippen LogP contribution < -0.4 is 14.8 Å². The van der Waals surface area contributed by atoms with Crippen molar-refractivity contribution in [3.8, 4) is 11.5 Å². The summed E-state index contributed by atoms with van der Waals surface area (Å²) in [6.07, 6.45) is 0. The monoisotopic (exact) mass is 307 g/mol. The summed E-state index contributed by atoms with van der Waals surface area (Å²) in [5, 5.41) is 3.23. The van der Waals surface area contributed by atoms with E-state index in [9.17, 15) is 0 Å². The molecule has 0 unspecified atom stereocenters. The molecule has 0 radical (unpaired) electrons. The number of para-hydroxylation sites is 2. The van der Waals surface area contributed by atoms with Crippen molar-refractivity contribution < 1.29 is 9.47 Å². The molecule has 21 heavy (non-hydrogen) atoms. The lowest BCUT2D eigenvalue weighted by atomic mass is 10.2. The minimum Gasteiger partial charge on any atom is -0.488 e. The van der Waals surface area contributed by atoms with E-state index in [-0.39, 0.29) is 12.4 Å². The summed E-state index contributed by atoms with van der Waals surface area (Å²) in [5.41, 5.74) is 1.15. The third-order valence-electron chi connectivity index (χ3n) is 2.87. The number of benzene rings is 2. The Hall–Kier alpha value is -1.71. The van der Waals surface area contributed by atoms with Crippen LogP contribution in [-0.2, 0) is 6.61 Å². The van der Waals surface area contributed by atoms with Gasteiger partial charge in [0.15, 0.2) is 11.5 Å². The molecule has 2 aromatic carbocycles. The molecule has 0 aromatic heterocycles. The fourth-order valence-electron chi connectivity index (χ4n) is 1.83. The van der Waals surface area contributed by atoms with Gasteiger partial charge in [-0.15, -0.1) is 12.4 Å². The maximum Gasteiger partial charge on any atom is 0.161 e. The van der Waals surface area contributed by atoms with E-state index in [1.54, 1.807) is 0 Å². The third kappa shape index (κ3) is 6.06. The first-order chi connectivity index (χ1) is 9.90. The summed E-state index contributed by atoms with van der Waals surface area (Å²) >= 11 is 0. The van der Waals surface area contributed by atoms with Crippen molar-refractivity contribution in [2.45, 2.75) is 13.5 Å². The van der Waals surface area contributed by atoms with Crippen LogP contribution in [0.3, 0.4) is 0 Å². The quantitative estimate of drug-likeness (QED) is 0.755. The van der Waals surface area contributed by atoms with Gasteiger partial charge in [-0.05, 0) is 24.2 Å². The highest BCUT2D eigenvalue weighted by Crippen LogP contribution is 2.27. The first kappa shape index (κ1) is 17.3. The normalized spacial score (nSPS) is 9.76. The van der Waals surface area contributed by atoms with Gasteiger partial charge in [-0.3, -0.25) is 0 Å². The Morgan fingerprint density at radius 2 is 1.48 bits per heavy atom. The topological polar surface area (TPSA) is 30.5 Å². The molecule has 2 aromatic rings. The molecule has 0 amide bonds. The van der Waals surface area contributed by atoms with Crippen molar-refractivity contribution in [3.63, 3.8) is 0 Å². The Morgan fingerprint density at radius 3 is 2.14 bits per heavy atom. The van der Waals surface area contributed by atoms with Gasteiger partial charge in [0.2, 0.25) is 0 Å². The Labute approximate surface area is 132 Å². The van der Waals surface area contributed by atoms with Gasteiger partial charge in [0.25, 0.3) is 0 Å². The zero-order valence-electron chi connectivity index (χ0n) is 12.2. The molecule has 0 bridgehead atoms. The highest BCUT2D eigenvalue weighted by molar-refractivity contribution is 5.85. The molecule has 1 N–H and O–H groups in total. The molecule has 0 aliphatic carbocycles. The molecule has 2 rings (SSSR count). The first-order valence-corrected chi connectivity index (χ1v) is 6.99. The minimum atomic E-state index is 0. The fraction of sp³-hybridized carbons (Fsp3) is 0.294. The number of rotatable bonds is 8. The van der Waals surface area contributed by atoms with E-state index < -0.39 is 0 Å². The SMILES string of the molecule is CCNCCOc1ccccc1OCc1ccccc1.Cl. The van der Waals surface area contributed by atoms with Gasteiger partial charge < -0.3 is 14.8 Å². The smallest absolute Gasteiger partial charge is 0.161 e. The highest BCUT2D eigenvalue weighted by atomic mass is 35.5. The summed E-state index contributed by atoms with van der Waals surface area (Å²) in [4.78, 5) is 0. The predicted octanol–water partition coefficient (Wildman–Crippen LogP) is 3.68. The lowest BCUT2D eigenvalue weighted by Crippen LogP contribution is -2.20. The van der Waals surface area contributed by atoms with E-state index in [1.807, 2.05) is 42.5 Å². The zero-order valence-corrected chi connectivity index (χ0v) is 13.1. The standard InChI is InChI=1S/C17H21NO2.ClH/c1-2-18-12-13-19-16-10-6-7-11-17(16)20-14-15-8-4-3-5-9-15;/h3-11,18H,2,12-14H2,1H3;1H. The molecular weight excluding hydrogens is 286 g/mol. The minimum absolute atomic E-state index is 0. The molecule has 0 aliphatic rings. The van der Waals surface area contributed by atoms with E-state index in [2.05, 4.69) is 24.4 Å². The van der Waals surface area contributed by atoms with Crippen LogP contribution in [0.5, 0.6) is 11.5 Å². The van der Waals surface area contributed by atoms with Crippen molar-refractivity contribution in [1.82, 2.24) is 5.32 Å². The van der Waals surface area contributed by atoms with Gasteiger partial charge >= 0.3 is 0 Å². The average Bonchev–Trinajstić information content (AvgIpc) is 2.51. The molecule has 0 fully saturated rings. The summed E-state index contributed by atoms with van der Waals surface area (Å²) in [7, 11) is 0. The second-order valence-electron chi connectivity index (χ2n) is 4.42. The molecule has 0 atom stereocenters. The second-order valence-corrected chi connectivity index (χ2v) is 4.42.